The summed E-state index contributed by atoms with van der Waals surface area (Å²) < 4.78 is 38.3. The second kappa shape index (κ2) is 4.20. The summed E-state index contributed by atoms with van der Waals surface area (Å²) in [6, 6.07) is 0. The number of alkyl halides is 1. The Morgan fingerprint density at radius 2 is 2.21 bits per heavy atom. The Balaban J connectivity index is 2.50. The van der Waals surface area contributed by atoms with Crippen molar-refractivity contribution < 1.29 is 26.9 Å². The van der Waals surface area contributed by atoms with E-state index < -0.39 is 28.3 Å². The van der Waals surface area contributed by atoms with Crippen molar-refractivity contribution in [3.8, 4) is 0 Å². The molecule has 82 valence electrons. The third-order valence-electron chi connectivity index (χ3n) is 1.82. The maximum Gasteiger partial charge on any atom is 0.324 e. The fourth-order valence-electron chi connectivity index (χ4n) is 1.24. The summed E-state index contributed by atoms with van der Waals surface area (Å²) in [5.41, 5.74) is 0. The summed E-state index contributed by atoms with van der Waals surface area (Å²) >= 11 is 0. The molecule has 6 nitrogen and oxygen atoms in total. The second-order valence-corrected chi connectivity index (χ2v) is 4.56. The Labute approximate surface area is 80.4 Å². The molecule has 8 heteroatoms. The standard InChI is InChI=1S/C6H10FNO5S/c7-5-1-8(2-6(5)10)3-14(11,12)13-4-9/h4-6,10H,1-3H2. The van der Waals surface area contributed by atoms with Crippen LogP contribution in [0.15, 0.2) is 0 Å². The van der Waals surface area contributed by atoms with E-state index in [2.05, 4.69) is 4.18 Å². The molecule has 1 heterocycles. The maximum atomic E-state index is 12.7. The van der Waals surface area contributed by atoms with Gasteiger partial charge in [-0.05, 0) is 0 Å². The molecule has 0 radical (unpaired) electrons. The summed E-state index contributed by atoms with van der Waals surface area (Å²) in [6.07, 6.45) is -2.64. The summed E-state index contributed by atoms with van der Waals surface area (Å²) in [5, 5.41) is 8.97. The van der Waals surface area contributed by atoms with Crippen molar-refractivity contribution in [2.45, 2.75) is 12.3 Å². The van der Waals surface area contributed by atoms with Gasteiger partial charge >= 0.3 is 16.6 Å². The topological polar surface area (TPSA) is 83.9 Å². The van der Waals surface area contributed by atoms with Gasteiger partial charge in [0.2, 0.25) is 0 Å². The number of nitrogens with zero attached hydrogens (tertiary/aromatic N) is 1. The number of hydrogen-bond donors (Lipinski definition) is 1. The number of rotatable bonds is 4. The van der Waals surface area contributed by atoms with Gasteiger partial charge in [-0.1, -0.05) is 0 Å². The lowest BCUT2D eigenvalue weighted by atomic mass is 10.3. The Morgan fingerprint density at radius 1 is 1.57 bits per heavy atom. The number of carbonyl (C=O) groups excluding carboxylic acids is 1. The highest BCUT2D eigenvalue weighted by molar-refractivity contribution is 7.87. The van der Waals surface area contributed by atoms with E-state index in [9.17, 15) is 17.6 Å². The van der Waals surface area contributed by atoms with Crippen LogP contribution in [0, 0.1) is 0 Å². The van der Waals surface area contributed by atoms with Crippen LogP contribution in [0.5, 0.6) is 0 Å². The van der Waals surface area contributed by atoms with E-state index in [-0.39, 0.29) is 19.6 Å². The molecule has 2 atom stereocenters. The normalized spacial score (nSPS) is 29.0. The van der Waals surface area contributed by atoms with Gasteiger partial charge in [-0.25, -0.2) is 4.39 Å². The minimum atomic E-state index is -3.98. The molecule has 1 rings (SSSR count). The lowest BCUT2D eigenvalue weighted by Crippen LogP contribution is -2.29. The van der Waals surface area contributed by atoms with Crippen molar-refractivity contribution in [3.05, 3.63) is 0 Å². The van der Waals surface area contributed by atoms with Gasteiger partial charge in [-0.15, -0.1) is 0 Å². The van der Waals surface area contributed by atoms with Crippen LogP contribution in [0.4, 0.5) is 4.39 Å². The van der Waals surface area contributed by atoms with Crippen LogP contribution in [0.1, 0.15) is 0 Å². The van der Waals surface area contributed by atoms with Gasteiger partial charge in [0, 0.05) is 13.1 Å². The Morgan fingerprint density at radius 3 is 2.64 bits per heavy atom. The predicted molar refractivity (Wildman–Crippen MR) is 43.4 cm³/mol. The Hall–Kier alpha value is -0.730. The summed E-state index contributed by atoms with van der Waals surface area (Å²) in [7, 11) is -3.98. The Bertz CT molecular complexity index is 295. The summed E-state index contributed by atoms with van der Waals surface area (Å²) in [5.74, 6) is -0.594. The number of likely N-dealkylation sites (tertiary alicyclic amines) is 1. The zero-order chi connectivity index (χ0) is 10.8. The number of carbonyl (C=O) groups is 1. The molecule has 1 aliphatic heterocycles. The molecule has 2 unspecified atom stereocenters. The molecule has 14 heavy (non-hydrogen) atoms. The SMILES string of the molecule is O=COS(=O)(=O)CN1CC(O)C(F)C1. The van der Waals surface area contributed by atoms with E-state index in [4.69, 9.17) is 5.11 Å². The molecule has 0 bridgehead atoms. The van der Waals surface area contributed by atoms with Crippen LogP contribution in [0.2, 0.25) is 0 Å². The van der Waals surface area contributed by atoms with Crippen LogP contribution in [-0.4, -0.2) is 56.1 Å². The maximum absolute atomic E-state index is 12.7. The van der Waals surface area contributed by atoms with Crippen molar-refractivity contribution in [1.29, 1.82) is 0 Å². The number of halogens is 1. The first-order chi connectivity index (χ1) is 6.44. The number of aliphatic hydroxyl groups is 1. The van der Waals surface area contributed by atoms with Gasteiger partial charge < -0.3 is 9.29 Å². The molecule has 0 amide bonds. The average molecular weight is 227 g/mol. The quantitative estimate of drug-likeness (QED) is 0.463. The van der Waals surface area contributed by atoms with Crippen molar-refractivity contribution in [2.24, 2.45) is 0 Å². The lowest BCUT2D eigenvalue weighted by molar-refractivity contribution is -0.120. The zero-order valence-corrected chi connectivity index (χ0v) is 7.98. The van der Waals surface area contributed by atoms with E-state index in [1.54, 1.807) is 0 Å². The van der Waals surface area contributed by atoms with Crippen LogP contribution in [0.3, 0.4) is 0 Å². The number of β-amino-alcohol motifs (C(OH)–C–C–N with tert-alkyl or cyclic N) is 1. The monoisotopic (exact) mass is 227 g/mol. The van der Waals surface area contributed by atoms with Gasteiger partial charge in [0.25, 0.3) is 0 Å². The first kappa shape index (κ1) is 11.3. The van der Waals surface area contributed by atoms with E-state index in [0.29, 0.717) is 0 Å². The van der Waals surface area contributed by atoms with Gasteiger partial charge in [0.05, 0.1) is 6.10 Å². The molecule has 1 fully saturated rings. The van der Waals surface area contributed by atoms with Crippen molar-refractivity contribution in [3.63, 3.8) is 0 Å². The molecule has 0 aromatic heterocycles. The van der Waals surface area contributed by atoms with E-state index >= 15 is 0 Å². The van der Waals surface area contributed by atoms with Crippen LogP contribution >= 0.6 is 0 Å². The first-order valence-corrected chi connectivity index (χ1v) is 5.41. The molecule has 0 saturated carbocycles. The molecule has 0 aliphatic carbocycles. The third kappa shape index (κ3) is 2.89. The molecular weight excluding hydrogens is 217 g/mol. The van der Waals surface area contributed by atoms with Crippen molar-refractivity contribution in [2.75, 3.05) is 19.0 Å². The summed E-state index contributed by atoms with van der Waals surface area (Å²) in [6.45, 7) is -0.458. The number of aliphatic hydroxyl groups excluding tert-OH is 1. The minimum absolute atomic E-state index is 0.0807. The first-order valence-electron chi connectivity index (χ1n) is 3.84. The molecular formula is C6H10FNO5S. The second-order valence-electron chi connectivity index (χ2n) is 3.00. The van der Waals surface area contributed by atoms with E-state index in [1.165, 1.54) is 0 Å². The third-order valence-corrected chi connectivity index (χ3v) is 2.88. The van der Waals surface area contributed by atoms with Crippen LogP contribution < -0.4 is 0 Å². The molecule has 0 spiro atoms. The van der Waals surface area contributed by atoms with Gasteiger partial charge in [-0.3, -0.25) is 9.69 Å². The highest BCUT2D eigenvalue weighted by Crippen LogP contribution is 2.14. The summed E-state index contributed by atoms with van der Waals surface area (Å²) in [4.78, 5) is 10.9. The fourth-order valence-corrected chi connectivity index (χ4v) is 2.08. The van der Waals surface area contributed by atoms with Crippen molar-refractivity contribution in [1.82, 2.24) is 4.90 Å². The minimum Gasteiger partial charge on any atom is -0.389 e. The molecule has 1 aliphatic rings. The smallest absolute Gasteiger partial charge is 0.324 e. The molecule has 1 saturated heterocycles. The molecule has 1 N–H and O–H groups in total. The van der Waals surface area contributed by atoms with Crippen LogP contribution in [0.25, 0.3) is 0 Å². The average Bonchev–Trinajstić information content (AvgIpc) is 2.29. The highest BCUT2D eigenvalue weighted by Gasteiger charge is 2.33. The Kier molecular flexibility index (Phi) is 3.40. The van der Waals surface area contributed by atoms with Gasteiger partial charge in [-0.2, -0.15) is 8.42 Å². The van der Waals surface area contributed by atoms with E-state index in [0.717, 1.165) is 4.90 Å². The molecule has 0 aromatic carbocycles. The largest absolute Gasteiger partial charge is 0.389 e. The van der Waals surface area contributed by atoms with E-state index in [1.807, 2.05) is 0 Å². The fraction of sp³-hybridized carbons (Fsp3) is 0.833. The zero-order valence-electron chi connectivity index (χ0n) is 7.17. The van der Waals surface area contributed by atoms with Crippen molar-refractivity contribution >= 4 is 16.6 Å². The predicted octanol–water partition coefficient (Wildman–Crippen LogP) is -1.54. The lowest BCUT2D eigenvalue weighted by Gasteiger charge is -2.12. The highest BCUT2D eigenvalue weighted by atomic mass is 32.2. The van der Waals surface area contributed by atoms with Gasteiger partial charge in [0.1, 0.15) is 12.0 Å². The number of hydrogen-bond acceptors (Lipinski definition) is 6. The van der Waals surface area contributed by atoms with Crippen LogP contribution in [-0.2, 0) is 19.1 Å². The molecule has 0 aromatic rings. The van der Waals surface area contributed by atoms with Gasteiger partial charge in [0.15, 0.2) is 0 Å².